The maximum absolute atomic E-state index is 14.5. The first-order valence-corrected chi connectivity index (χ1v) is 34.3. The van der Waals surface area contributed by atoms with Crippen LogP contribution in [0.2, 0.25) is 0 Å². The lowest BCUT2D eigenvalue weighted by Gasteiger charge is -2.20. The molecule has 1 aliphatic rings. The van der Waals surface area contributed by atoms with Gasteiger partial charge in [0.2, 0.25) is 6.79 Å². The Hall–Kier alpha value is -11.3. The fourth-order valence-corrected chi connectivity index (χ4v) is 10.7. The zero-order chi connectivity index (χ0) is 77.5. The Bertz CT molecular complexity index is 5220. The molecule has 4 aromatic heterocycles. The summed E-state index contributed by atoms with van der Waals surface area (Å²) in [4.78, 5) is 12.4. The highest BCUT2D eigenvalue weighted by Gasteiger charge is 2.27. The highest BCUT2D eigenvalue weighted by atomic mass is 19.2. The third-order valence-electron chi connectivity index (χ3n) is 17.0. The number of pyridine rings is 3. The summed E-state index contributed by atoms with van der Waals surface area (Å²) in [6.07, 6.45) is 6.48. The number of halogens is 9. The lowest BCUT2D eigenvalue weighted by Crippen LogP contribution is -2.12. The van der Waals surface area contributed by atoms with Crippen molar-refractivity contribution in [2.75, 3.05) is 6.79 Å². The standard InChI is InChI=1S/C22H18F2O2.C19H17F2NO.C17H16F2O3.C15H15F2NO.C15H16FN/c1-22(2,3)13-11-16(23)21(17(24)12-13)26-19-10-6-8-15-14-7-4-5-9-18(14)25-20(15)19;1-19(2,3)13-9-15(20)18(16(21)10-13)23-14-7-6-12-5-4-8-22-17(12)11-14;1-17(2,3)10-6-12(18)16(13(19)7-10)22-11-4-5-14-15(8-11)21-9-20-14;1-15(2,3)10-7-12(16)14(13(17)8-10)19-11-5-4-6-18-9-11;1-15(2,3)12-7-8-14(17-10-12)11-5-4-6-13(16)9-11/h4-12H,1-3H3;4-11H,1-3H3;4-8H,9H2,1-3H3;4-9H,1-3H3;4-10H,1-3H3. The summed E-state index contributed by atoms with van der Waals surface area (Å²) in [5, 5.41) is 2.70. The molecule has 0 amide bonds. The van der Waals surface area contributed by atoms with Crippen LogP contribution in [0, 0.1) is 52.4 Å². The van der Waals surface area contributed by atoms with Gasteiger partial charge in [0.05, 0.1) is 17.4 Å². The number of para-hydroxylation sites is 2. The van der Waals surface area contributed by atoms with E-state index in [0.717, 1.165) is 27.4 Å². The molecule has 19 heteroatoms. The van der Waals surface area contributed by atoms with Crippen molar-refractivity contribution in [3.05, 3.63) is 293 Å². The molecule has 0 fully saturated rings. The maximum Gasteiger partial charge on any atom is 0.231 e. The normalized spacial score (nSPS) is 12.0. The molecule has 554 valence electrons. The van der Waals surface area contributed by atoms with E-state index in [1.807, 2.05) is 150 Å². The van der Waals surface area contributed by atoms with Crippen molar-refractivity contribution in [3.63, 3.8) is 0 Å². The number of aromatic nitrogens is 3. The van der Waals surface area contributed by atoms with E-state index in [9.17, 15) is 39.5 Å². The molecule has 10 nitrogen and oxygen atoms in total. The van der Waals surface area contributed by atoms with Crippen LogP contribution in [-0.2, 0) is 27.1 Å². The van der Waals surface area contributed by atoms with Crippen LogP contribution < -0.4 is 28.4 Å². The maximum atomic E-state index is 14.5. The minimum Gasteiger partial charge on any atom is -0.454 e. The van der Waals surface area contributed by atoms with E-state index in [1.54, 1.807) is 79.1 Å². The van der Waals surface area contributed by atoms with Gasteiger partial charge in [-0.2, -0.15) is 0 Å². The third kappa shape index (κ3) is 19.8. The van der Waals surface area contributed by atoms with E-state index in [2.05, 4.69) is 35.7 Å². The Labute approximate surface area is 616 Å². The van der Waals surface area contributed by atoms with E-state index in [0.29, 0.717) is 61.9 Å². The minimum absolute atomic E-state index is 0.0907. The number of benzene rings is 9. The summed E-state index contributed by atoms with van der Waals surface area (Å²) < 4.78 is 165. The van der Waals surface area contributed by atoms with Gasteiger partial charge in [-0.1, -0.05) is 158 Å². The Balaban J connectivity index is 0.000000144. The topological polar surface area (TPSA) is 107 Å². The molecule has 13 aromatic rings. The molecular weight excluding hydrogens is 1380 g/mol. The Morgan fingerprint density at radius 3 is 1.31 bits per heavy atom. The summed E-state index contributed by atoms with van der Waals surface area (Å²) in [5.41, 5.74) is 5.68. The van der Waals surface area contributed by atoms with Gasteiger partial charge in [-0.05, 0) is 176 Å². The molecule has 0 spiro atoms. The molecule has 14 rings (SSSR count). The number of furan rings is 1. The summed E-state index contributed by atoms with van der Waals surface area (Å²) in [5.74, 6) is -5.39. The van der Waals surface area contributed by atoms with Gasteiger partial charge < -0.3 is 32.8 Å². The first-order chi connectivity index (χ1) is 50.4. The van der Waals surface area contributed by atoms with Gasteiger partial charge in [-0.15, -0.1) is 0 Å². The van der Waals surface area contributed by atoms with Gasteiger partial charge in [0.1, 0.15) is 28.6 Å². The SMILES string of the molecule is CC(C)(C)c1cc(F)c(Oc2ccc3c(c2)OCO3)c(F)c1.CC(C)(C)c1cc(F)c(Oc2ccc3cccnc3c2)c(F)c1.CC(C)(C)c1cc(F)c(Oc2cccc3c2oc2ccccc23)c(F)c1.CC(C)(C)c1cc(F)c(Oc2cccnc2)c(F)c1.CC(C)(C)c1ccc(-c2cccc(F)c2)nc1. The molecule has 9 aromatic carbocycles. The molecule has 0 saturated heterocycles. The quantitative estimate of drug-likeness (QED) is 0.130. The zero-order valence-electron chi connectivity index (χ0n) is 62.0. The Morgan fingerprint density at radius 1 is 0.346 bits per heavy atom. The van der Waals surface area contributed by atoms with Crippen LogP contribution in [0.5, 0.6) is 57.5 Å². The van der Waals surface area contributed by atoms with E-state index in [4.69, 9.17) is 32.8 Å². The number of fused-ring (bicyclic) bond motifs is 5. The minimum atomic E-state index is -0.734. The number of hydrogen-bond donors (Lipinski definition) is 0. The number of nitrogens with zero attached hydrogens (tertiary/aromatic N) is 3. The average Bonchev–Trinajstić information content (AvgIpc) is 1.67. The van der Waals surface area contributed by atoms with Gasteiger partial charge in [0, 0.05) is 52.4 Å². The van der Waals surface area contributed by atoms with Crippen LogP contribution in [0.3, 0.4) is 0 Å². The number of hydrogen-bond acceptors (Lipinski definition) is 10. The molecule has 0 unspecified atom stereocenters. The summed E-state index contributed by atoms with van der Waals surface area (Å²) in [7, 11) is 0. The molecule has 0 saturated carbocycles. The van der Waals surface area contributed by atoms with Gasteiger partial charge in [0.25, 0.3) is 0 Å². The smallest absolute Gasteiger partial charge is 0.231 e. The molecule has 5 heterocycles. The van der Waals surface area contributed by atoms with Crippen LogP contribution in [0.1, 0.15) is 132 Å². The first kappa shape index (κ1) is 78.3. The zero-order valence-corrected chi connectivity index (χ0v) is 62.0. The first-order valence-electron chi connectivity index (χ1n) is 34.3. The molecule has 107 heavy (non-hydrogen) atoms. The van der Waals surface area contributed by atoms with E-state index in [1.165, 1.54) is 72.4 Å². The third-order valence-corrected chi connectivity index (χ3v) is 17.0. The second kappa shape index (κ2) is 32.2. The van der Waals surface area contributed by atoms with Crippen molar-refractivity contribution in [3.8, 4) is 68.8 Å². The van der Waals surface area contributed by atoms with Crippen LogP contribution in [-0.4, -0.2) is 21.7 Å². The van der Waals surface area contributed by atoms with Gasteiger partial charge in [-0.3, -0.25) is 15.0 Å². The summed E-state index contributed by atoms with van der Waals surface area (Å²) >= 11 is 0. The van der Waals surface area contributed by atoms with Crippen molar-refractivity contribution in [1.29, 1.82) is 0 Å². The second-order valence-electron chi connectivity index (χ2n) is 30.5. The lowest BCUT2D eigenvalue weighted by atomic mass is 9.87. The molecule has 0 atom stereocenters. The van der Waals surface area contributed by atoms with Gasteiger partial charge >= 0.3 is 0 Å². The van der Waals surface area contributed by atoms with E-state index < -0.39 is 69.5 Å². The summed E-state index contributed by atoms with van der Waals surface area (Å²) in [6, 6.07) is 50.7. The summed E-state index contributed by atoms with van der Waals surface area (Å²) in [6.45, 7) is 29.3. The predicted octanol–water partition coefficient (Wildman–Crippen LogP) is 26.0. The van der Waals surface area contributed by atoms with Crippen LogP contribution in [0.25, 0.3) is 44.1 Å². The molecular formula is C88H82F9N3O7. The average molecular weight is 1460 g/mol. The monoisotopic (exact) mass is 1460 g/mol. The predicted molar refractivity (Wildman–Crippen MR) is 401 cm³/mol. The van der Waals surface area contributed by atoms with Crippen molar-refractivity contribution in [2.45, 2.75) is 131 Å². The van der Waals surface area contributed by atoms with Crippen LogP contribution in [0.4, 0.5) is 39.5 Å². The van der Waals surface area contributed by atoms with Crippen molar-refractivity contribution in [1.82, 2.24) is 15.0 Å². The Morgan fingerprint density at radius 2 is 0.813 bits per heavy atom. The Kier molecular flexibility index (Phi) is 23.5. The largest absolute Gasteiger partial charge is 0.454 e. The lowest BCUT2D eigenvalue weighted by molar-refractivity contribution is 0.174. The second-order valence-corrected chi connectivity index (χ2v) is 30.5. The van der Waals surface area contributed by atoms with Crippen molar-refractivity contribution in [2.24, 2.45) is 0 Å². The van der Waals surface area contributed by atoms with E-state index in [-0.39, 0.29) is 51.2 Å². The fraction of sp³-hybridized carbons (Fsp3) is 0.239. The van der Waals surface area contributed by atoms with Crippen LogP contribution >= 0.6 is 0 Å². The number of rotatable bonds is 9. The van der Waals surface area contributed by atoms with Crippen LogP contribution in [0.15, 0.2) is 217 Å². The van der Waals surface area contributed by atoms with Gasteiger partial charge in [0.15, 0.2) is 92.4 Å². The molecule has 0 N–H and O–H groups in total. The molecule has 0 radical (unpaired) electrons. The number of ether oxygens (including phenoxy) is 6. The highest BCUT2D eigenvalue weighted by Crippen LogP contribution is 2.42. The van der Waals surface area contributed by atoms with Crippen molar-refractivity contribution >= 4 is 32.8 Å². The van der Waals surface area contributed by atoms with Gasteiger partial charge in [-0.25, -0.2) is 39.5 Å². The molecule has 0 aliphatic carbocycles. The molecule has 0 bridgehead atoms. The van der Waals surface area contributed by atoms with E-state index >= 15 is 0 Å². The molecule has 1 aliphatic heterocycles. The highest BCUT2D eigenvalue weighted by molar-refractivity contribution is 6.06. The fourth-order valence-electron chi connectivity index (χ4n) is 10.7. The van der Waals surface area contributed by atoms with Crippen molar-refractivity contribution < 1.29 is 72.4 Å².